The lowest BCUT2D eigenvalue weighted by atomic mass is 10.1. The van der Waals surface area contributed by atoms with Crippen molar-refractivity contribution in [2.24, 2.45) is 0 Å². The van der Waals surface area contributed by atoms with Crippen LogP contribution in [0.15, 0.2) is 29.2 Å². The van der Waals surface area contributed by atoms with Crippen LogP contribution in [0.5, 0.6) is 0 Å². The lowest BCUT2D eigenvalue weighted by Gasteiger charge is -2.34. The number of piperazine rings is 1. The van der Waals surface area contributed by atoms with E-state index in [0.717, 1.165) is 23.8 Å². The summed E-state index contributed by atoms with van der Waals surface area (Å²) in [5.74, 6) is -0.680. The van der Waals surface area contributed by atoms with E-state index in [1.165, 1.54) is 48.2 Å². The van der Waals surface area contributed by atoms with Crippen LogP contribution < -0.4 is 10.2 Å². The Kier molecular flexibility index (Phi) is 7.06. The number of carbonyl (C=O) groups is 1. The highest BCUT2D eigenvalue weighted by molar-refractivity contribution is 7.89. The van der Waals surface area contributed by atoms with E-state index in [1.54, 1.807) is 0 Å². The zero-order chi connectivity index (χ0) is 20.1. The normalized spacial score (nSPS) is 21.8. The second-order valence-corrected chi connectivity index (χ2v) is 9.82. The van der Waals surface area contributed by atoms with E-state index in [9.17, 15) is 17.6 Å². The van der Waals surface area contributed by atoms with Gasteiger partial charge in [0.25, 0.3) is 5.91 Å². The number of quaternary nitrogens is 1. The monoisotopic (exact) mass is 412 g/mol. The summed E-state index contributed by atoms with van der Waals surface area (Å²) < 4.78 is 40.7. The molecule has 0 aromatic heterocycles. The van der Waals surface area contributed by atoms with Crippen LogP contribution in [0.1, 0.15) is 45.4 Å². The van der Waals surface area contributed by atoms with Gasteiger partial charge in [-0.05, 0) is 31.9 Å². The maximum atomic E-state index is 13.9. The van der Waals surface area contributed by atoms with Crippen LogP contribution in [0, 0.1) is 5.82 Å². The summed E-state index contributed by atoms with van der Waals surface area (Å²) in [6.45, 7) is 3.54. The minimum atomic E-state index is -3.84. The van der Waals surface area contributed by atoms with Gasteiger partial charge in [-0.3, -0.25) is 4.79 Å². The van der Waals surface area contributed by atoms with Crippen LogP contribution in [0.4, 0.5) is 4.39 Å². The number of benzene rings is 1. The van der Waals surface area contributed by atoms with Gasteiger partial charge >= 0.3 is 0 Å². The summed E-state index contributed by atoms with van der Waals surface area (Å²) in [5.41, 5.74) is 0. The van der Waals surface area contributed by atoms with Crippen molar-refractivity contribution in [3.63, 3.8) is 0 Å². The first-order valence-corrected chi connectivity index (χ1v) is 11.7. The maximum absolute atomic E-state index is 13.9. The molecule has 1 saturated carbocycles. The number of rotatable bonds is 5. The SMILES string of the molecule is C[C@@H](C(=O)NC1CCCCCC1)[NH+]1CCN(S(=O)(=O)c2ccccc2F)CC1. The third-order valence-electron chi connectivity index (χ3n) is 6.03. The van der Waals surface area contributed by atoms with E-state index in [4.69, 9.17) is 0 Å². The Morgan fingerprint density at radius 2 is 1.75 bits per heavy atom. The minimum absolute atomic E-state index is 0.0484. The van der Waals surface area contributed by atoms with Crippen molar-refractivity contribution in [1.82, 2.24) is 9.62 Å². The largest absolute Gasteiger partial charge is 0.348 e. The number of carbonyl (C=O) groups excluding carboxylic acids is 1. The molecule has 156 valence electrons. The van der Waals surface area contributed by atoms with Crippen LogP contribution in [-0.4, -0.2) is 56.9 Å². The van der Waals surface area contributed by atoms with Crippen molar-refractivity contribution in [1.29, 1.82) is 0 Å². The van der Waals surface area contributed by atoms with Gasteiger partial charge in [-0.25, -0.2) is 12.8 Å². The van der Waals surface area contributed by atoms with Gasteiger partial charge in [-0.15, -0.1) is 0 Å². The lowest BCUT2D eigenvalue weighted by Crippen LogP contribution is -3.19. The molecule has 8 heteroatoms. The van der Waals surface area contributed by atoms with Crippen molar-refractivity contribution in [3.8, 4) is 0 Å². The molecule has 0 spiro atoms. The number of nitrogens with one attached hydrogen (secondary N) is 2. The zero-order valence-electron chi connectivity index (χ0n) is 16.5. The Morgan fingerprint density at radius 3 is 2.36 bits per heavy atom. The molecule has 2 N–H and O–H groups in total. The molecule has 1 heterocycles. The molecule has 1 aromatic carbocycles. The van der Waals surface area contributed by atoms with E-state index in [0.29, 0.717) is 13.1 Å². The smallest absolute Gasteiger partial charge is 0.278 e. The molecule has 2 fully saturated rings. The number of hydrogen-bond acceptors (Lipinski definition) is 3. The molecule has 1 aromatic rings. The lowest BCUT2D eigenvalue weighted by molar-refractivity contribution is -0.917. The van der Waals surface area contributed by atoms with E-state index >= 15 is 0 Å². The van der Waals surface area contributed by atoms with Crippen molar-refractivity contribution in [3.05, 3.63) is 30.1 Å². The molecule has 1 aliphatic carbocycles. The molecule has 6 nitrogen and oxygen atoms in total. The second kappa shape index (κ2) is 9.33. The molecule has 1 atom stereocenters. The molecule has 28 heavy (non-hydrogen) atoms. The Hall–Kier alpha value is -1.51. The molecule has 3 rings (SSSR count). The fraction of sp³-hybridized carbons (Fsp3) is 0.650. The highest BCUT2D eigenvalue weighted by atomic mass is 32.2. The molecule has 1 aliphatic heterocycles. The Morgan fingerprint density at radius 1 is 1.14 bits per heavy atom. The molecular weight excluding hydrogens is 381 g/mol. The van der Waals surface area contributed by atoms with E-state index in [2.05, 4.69) is 5.32 Å². The molecule has 1 saturated heterocycles. The number of sulfonamides is 1. The fourth-order valence-corrected chi connectivity index (χ4v) is 5.68. The third-order valence-corrected chi connectivity index (χ3v) is 7.96. The first-order chi connectivity index (χ1) is 13.4. The third kappa shape index (κ3) is 4.90. The van der Waals surface area contributed by atoms with Crippen molar-refractivity contribution in [2.45, 2.75) is 62.4 Å². The highest BCUT2D eigenvalue weighted by Gasteiger charge is 2.35. The van der Waals surface area contributed by atoms with E-state index < -0.39 is 15.8 Å². The van der Waals surface area contributed by atoms with E-state index in [1.807, 2.05) is 6.92 Å². The van der Waals surface area contributed by atoms with Gasteiger partial charge in [0.15, 0.2) is 6.04 Å². The molecular formula is C20H31FN3O3S+. The molecule has 0 radical (unpaired) electrons. The summed E-state index contributed by atoms with van der Waals surface area (Å²) in [5, 5.41) is 3.19. The number of halogens is 1. The second-order valence-electron chi connectivity index (χ2n) is 7.91. The fourth-order valence-electron chi connectivity index (χ4n) is 4.18. The standard InChI is InChI=1S/C20H30FN3O3S/c1-16(20(25)22-17-8-4-2-3-5-9-17)23-12-14-24(15-13-23)28(26,27)19-11-7-6-10-18(19)21/h6-7,10-11,16-17H,2-5,8-9,12-15H2,1H3,(H,22,25)/p+1/t16-/m0/s1. The molecule has 2 aliphatic rings. The van der Waals surface area contributed by atoms with Crippen molar-refractivity contribution in [2.75, 3.05) is 26.2 Å². The van der Waals surface area contributed by atoms with Gasteiger partial charge < -0.3 is 10.2 Å². The summed E-state index contributed by atoms with van der Waals surface area (Å²) in [6.07, 6.45) is 6.90. The summed E-state index contributed by atoms with van der Waals surface area (Å²) in [7, 11) is -3.84. The predicted octanol–water partition coefficient (Wildman–Crippen LogP) is 0.942. The molecule has 0 bridgehead atoms. The van der Waals surface area contributed by atoms with Gasteiger partial charge in [0, 0.05) is 6.04 Å². The summed E-state index contributed by atoms with van der Waals surface area (Å²) in [6, 6.07) is 5.50. The number of hydrogen-bond donors (Lipinski definition) is 2. The first-order valence-electron chi connectivity index (χ1n) is 10.3. The summed E-state index contributed by atoms with van der Waals surface area (Å²) >= 11 is 0. The van der Waals surface area contributed by atoms with Gasteiger partial charge in [0.1, 0.15) is 10.7 Å². The van der Waals surface area contributed by atoms with Crippen LogP contribution >= 0.6 is 0 Å². The summed E-state index contributed by atoms with van der Waals surface area (Å²) in [4.78, 5) is 13.4. The quantitative estimate of drug-likeness (QED) is 0.708. The maximum Gasteiger partial charge on any atom is 0.278 e. The number of nitrogens with zero attached hydrogens (tertiary/aromatic N) is 1. The number of amides is 1. The molecule has 1 amide bonds. The Labute approximate surface area is 167 Å². The predicted molar refractivity (Wildman–Crippen MR) is 105 cm³/mol. The minimum Gasteiger partial charge on any atom is -0.348 e. The highest BCUT2D eigenvalue weighted by Crippen LogP contribution is 2.19. The Balaban J connectivity index is 1.55. The topological polar surface area (TPSA) is 70.9 Å². The van der Waals surface area contributed by atoms with Crippen LogP contribution in [0.25, 0.3) is 0 Å². The van der Waals surface area contributed by atoms with Crippen LogP contribution in [0.3, 0.4) is 0 Å². The van der Waals surface area contributed by atoms with Gasteiger partial charge in [0.05, 0.1) is 26.2 Å². The van der Waals surface area contributed by atoms with Crippen molar-refractivity contribution >= 4 is 15.9 Å². The van der Waals surface area contributed by atoms with Crippen LogP contribution in [-0.2, 0) is 14.8 Å². The average molecular weight is 413 g/mol. The van der Waals surface area contributed by atoms with Gasteiger partial charge in [-0.1, -0.05) is 37.8 Å². The Bertz CT molecular complexity index is 771. The zero-order valence-corrected chi connectivity index (χ0v) is 17.3. The van der Waals surface area contributed by atoms with Gasteiger partial charge in [0.2, 0.25) is 10.0 Å². The van der Waals surface area contributed by atoms with Gasteiger partial charge in [-0.2, -0.15) is 4.31 Å². The first kappa shape index (κ1) is 21.2. The average Bonchev–Trinajstić information content (AvgIpc) is 2.96. The molecule has 0 unspecified atom stereocenters. The van der Waals surface area contributed by atoms with E-state index in [-0.39, 0.29) is 36.0 Å². The van der Waals surface area contributed by atoms with Crippen molar-refractivity contribution < 1.29 is 22.5 Å². The van der Waals surface area contributed by atoms with Crippen LogP contribution in [0.2, 0.25) is 0 Å².